The number of sulfonamides is 1. The summed E-state index contributed by atoms with van der Waals surface area (Å²) in [5, 5.41) is 5.84. The highest BCUT2D eigenvalue weighted by molar-refractivity contribution is 7.92. The van der Waals surface area contributed by atoms with Crippen molar-refractivity contribution in [2.45, 2.75) is 5.16 Å². The topological polar surface area (TPSA) is 97.0 Å². The molecule has 18 heavy (non-hydrogen) atoms. The van der Waals surface area contributed by atoms with E-state index in [1.54, 1.807) is 12.1 Å². The molecule has 1 aromatic carbocycles. The summed E-state index contributed by atoms with van der Waals surface area (Å²) in [5.41, 5.74) is 0.224. The zero-order valence-corrected chi connectivity index (χ0v) is 10.8. The van der Waals surface area contributed by atoms with Crippen molar-refractivity contribution in [1.29, 1.82) is 0 Å². The Bertz CT molecular complexity index is 642. The van der Waals surface area contributed by atoms with Crippen LogP contribution in [0.15, 0.2) is 29.7 Å². The largest absolute Gasteiger partial charge is 0.495 e. The minimum atomic E-state index is -3.84. The number of anilines is 1. The smallest absolute Gasteiger partial charge is 0.297 e. The molecule has 96 valence electrons. The second kappa shape index (κ2) is 4.83. The van der Waals surface area contributed by atoms with E-state index < -0.39 is 10.0 Å². The molecule has 0 bridgehead atoms. The van der Waals surface area contributed by atoms with Crippen molar-refractivity contribution in [3.8, 4) is 5.75 Å². The number of halogens is 1. The Labute approximate surface area is 108 Å². The van der Waals surface area contributed by atoms with Crippen LogP contribution in [0.4, 0.5) is 5.69 Å². The van der Waals surface area contributed by atoms with Crippen LogP contribution in [0.5, 0.6) is 5.75 Å². The Morgan fingerprint density at radius 1 is 1.44 bits per heavy atom. The van der Waals surface area contributed by atoms with Gasteiger partial charge in [-0.1, -0.05) is 11.6 Å². The number of rotatable bonds is 4. The monoisotopic (exact) mass is 288 g/mol. The molecular formula is C9H9ClN4O3S. The highest BCUT2D eigenvalue weighted by Crippen LogP contribution is 2.29. The first-order valence-electron chi connectivity index (χ1n) is 4.74. The van der Waals surface area contributed by atoms with Crippen molar-refractivity contribution in [3.05, 3.63) is 29.5 Å². The summed E-state index contributed by atoms with van der Waals surface area (Å²) < 4.78 is 31.1. The number of methoxy groups -OCH3 is 1. The summed E-state index contributed by atoms with van der Waals surface area (Å²) in [7, 11) is -2.41. The van der Waals surface area contributed by atoms with Gasteiger partial charge in [-0.3, -0.25) is 4.72 Å². The van der Waals surface area contributed by atoms with E-state index in [0.717, 1.165) is 6.33 Å². The normalized spacial score (nSPS) is 11.2. The van der Waals surface area contributed by atoms with Gasteiger partial charge in [0.25, 0.3) is 15.2 Å². The average molecular weight is 289 g/mol. The maximum absolute atomic E-state index is 11.9. The van der Waals surface area contributed by atoms with Gasteiger partial charge in [-0.15, -0.1) is 0 Å². The lowest BCUT2D eigenvalue weighted by atomic mass is 10.3. The fourth-order valence-corrected chi connectivity index (χ4v) is 2.35. The Balaban J connectivity index is 2.37. The van der Waals surface area contributed by atoms with Gasteiger partial charge in [0.1, 0.15) is 12.1 Å². The highest BCUT2D eigenvalue weighted by atomic mass is 35.5. The lowest BCUT2D eigenvalue weighted by molar-refractivity contribution is 0.417. The third kappa shape index (κ3) is 2.54. The number of benzene rings is 1. The fourth-order valence-electron chi connectivity index (χ4n) is 1.28. The minimum absolute atomic E-state index is 0.224. The van der Waals surface area contributed by atoms with Gasteiger partial charge in [0.2, 0.25) is 0 Å². The number of ether oxygens (including phenoxy) is 1. The average Bonchev–Trinajstić information content (AvgIpc) is 2.83. The van der Waals surface area contributed by atoms with Gasteiger partial charge in [-0.25, -0.2) is 10.1 Å². The predicted octanol–water partition coefficient (Wildman–Crippen LogP) is 1.27. The van der Waals surface area contributed by atoms with Crippen LogP contribution in [0.2, 0.25) is 5.02 Å². The molecule has 0 saturated carbocycles. The number of H-pyrrole nitrogens is 1. The van der Waals surface area contributed by atoms with Gasteiger partial charge in [0.05, 0.1) is 12.8 Å². The molecule has 0 atom stereocenters. The first kappa shape index (κ1) is 12.7. The molecule has 0 amide bonds. The third-order valence-electron chi connectivity index (χ3n) is 2.05. The summed E-state index contributed by atoms with van der Waals surface area (Å²) in [5.74, 6) is 0.350. The van der Waals surface area contributed by atoms with Crippen molar-refractivity contribution < 1.29 is 13.2 Å². The molecule has 0 saturated heterocycles. The molecule has 7 nitrogen and oxygen atoms in total. The van der Waals surface area contributed by atoms with Crippen LogP contribution in [-0.2, 0) is 10.0 Å². The van der Waals surface area contributed by atoms with Crippen LogP contribution in [0.1, 0.15) is 0 Å². The van der Waals surface area contributed by atoms with Gasteiger partial charge < -0.3 is 4.74 Å². The highest BCUT2D eigenvalue weighted by Gasteiger charge is 2.19. The molecule has 0 spiro atoms. The molecule has 0 unspecified atom stereocenters. The molecule has 0 aliphatic carbocycles. The van der Waals surface area contributed by atoms with Crippen LogP contribution in [0.25, 0.3) is 0 Å². The number of hydrogen-bond donors (Lipinski definition) is 2. The van der Waals surface area contributed by atoms with Gasteiger partial charge in [-0.2, -0.15) is 13.5 Å². The molecule has 1 heterocycles. The summed E-state index contributed by atoms with van der Waals surface area (Å²) in [6.45, 7) is 0. The number of aromatic amines is 1. The van der Waals surface area contributed by atoms with Crippen molar-refractivity contribution >= 4 is 27.3 Å². The van der Waals surface area contributed by atoms with E-state index in [-0.39, 0.29) is 10.8 Å². The van der Waals surface area contributed by atoms with Crippen molar-refractivity contribution in [1.82, 2.24) is 15.2 Å². The van der Waals surface area contributed by atoms with Crippen LogP contribution >= 0.6 is 11.6 Å². The van der Waals surface area contributed by atoms with E-state index in [1.165, 1.54) is 13.2 Å². The molecule has 9 heteroatoms. The SMILES string of the molecule is COc1ccc(Cl)cc1NS(=O)(=O)c1ncn[nH]1. The molecular weight excluding hydrogens is 280 g/mol. The van der Waals surface area contributed by atoms with Crippen molar-refractivity contribution in [3.63, 3.8) is 0 Å². The Hall–Kier alpha value is -1.80. The van der Waals surface area contributed by atoms with E-state index >= 15 is 0 Å². The molecule has 0 fully saturated rings. The lowest BCUT2D eigenvalue weighted by Gasteiger charge is -2.10. The van der Waals surface area contributed by atoms with E-state index in [4.69, 9.17) is 16.3 Å². The number of nitrogens with one attached hydrogen (secondary N) is 2. The zero-order chi connectivity index (χ0) is 13.2. The molecule has 2 aromatic rings. The number of aromatic nitrogens is 3. The summed E-state index contributed by atoms with van der Waals surface area (Å²) in [4.78, 5) is 3.57. The number of hydrogen-bond acceptors (Lipinski definition) is 5. The predicted molar refractivity (Wildman–Crippen MR) is 65.2 cm³/mol. The molecule has 0 radical (unpaired) electrons. The van der Waals surface area contributed by atoms with Gasteiger partial charge in [-0.05, 0) is 18.2 Å². The maximum Gasteiger partial charge on any atom is 0.297 e. The maximum atomic E-state index is 11.9. The Morgan fingerprint density at radius 3 is 2.83 bits per heavy atom. The molecule has 0 aliphatic rings. The van der Waals surface area contributed by atoms with Crippen molar-refractivity contribution in [2.24, 2.45) is 0 Å². The van der Waals surface area contributed by atoms with Gasteiger partial charge in [0.15, 0.2) is 0 Å². The first-order chi connectivity index (χ1) is 8.53. The van der Waals surface area contributed by atoms with E-state index in [0.29, 0.717) is 10.8 Å². The number of nitrogens with zero attached hydrogens (tertiary/aromatic N) is 2. The summed E-state index contributed by atoms with van der Waals surface area (Å²) >= 11 is 5.80. The lowest BCUT2D eigenvalue weighted by Crippen LogP contribution is -2.15. The van der Waals surface area contributed by atoms with Crippen LogP contribution in [0.3, 0.4) is 0 Å². The first-order valence-corrected chi connectivity index (χ1v) is 6.61. The Morgan fingerprint density at radius 2 is 2.22 bits per heavy atom. The minimum Gasteiger partial charge on any atom is -0.495 e. The third-order valence-corrected chi connectivity index (χ3v) is 3.48. The molecule has 2 N–H and O–H groups in total. The van der Waals surface area contributed by atoms with E-state index in [9.17, 15) is 8.42 Å². The zero-order valence-electron chi connectivity index (χ0n) is 9.21. The van der Waals surface area contributed by atoms with Gasteiger partial charge >= 0.3 is 0 Å². The van der Waals surface area contributed by atoms with E-state index in [1.807, 2.05) is 0 Å². The van der Waals surface area contributed by atoms with Gasteiger partial charge in [0, 0.05) is 5.02 Å². The Kier molecular flexibility index (Phi) is 3.39. The fraction of sp³-hybridized carbons (Fsp3) is 0.111. The van der Waals surface area contributed by atoms with Crippen LogP contribution in [0, 0.1) is 0 Å². The quantitative estimate of drug-likeness (QED) is 0.883. The van der Waals surface area contributed by atoms with E-state index in [2.05, 4.69) is 19.9 Å². The van der Waals surface area contributed by atoms with Crippen LogP contribution < -0.4 is 9.46 Å². The van der Waals surface area contributed by atoms with Crippen molar-refractivity contribution in [2.75, 3.05) is 11.8 Å². The summed E-state index contributed by atoms with van der Waals surface area (Å²) in [6, 6.07) is 4.58. The molecule has 1 aromatic heterocycles. The summed E-state index contributed by atoms with van der Waals surface area (Å²) in [6.07, 6.45) is 1.10. The van der Waals surface area contributed by atoms with Crippen LogP contribution in [-0.4, -0.2) is 30.7 Å². The molecule has 0 aliphatic heterocycles. The molecule has 2 rings (SSSR count). The second-order valence-electron chi connectivity index (χ2n) is 3.24. The second-order valence-corrected chi connectivity index (χ2v) is 5.27. The standard InChI is InChI=1S/C9H9ClN4O3S/c1-17-8-3-2-6(10)4-7(8)14-18(15,16)9-11-5-12-13-9/h2-5,14H,1H3,(H,11,12,13).